The highest BCUT2D eigenvalue weighted by Crippen LogP contribution is 2.28. The number of ether oxygens (including phenoxy) is 1. The summed E-state index contributed by atoms with van der Waals surface area (Å²) >= 11 is 0. The summed E-state index contributed by atoms with van der Waals surface area (Å²) in [5.41, 5.74) is 2.48. The molecule has 0 saturated heterocycles. The lowest BCUT2D eigenvalue weighted by atomic mass is 9.91. The number of aromatic nitrogens is 2. The molecule has 0 fully saturated rings. The van der Waals surface area contributed by atoms with Crippen molar-refractivity contribution >= 4 is 11.8 Å². The van der Waals surface area contributed by atoms with E-state index in [9.17, 15) is 9.59 Å². The summed E-state index contributed by atoms with van der Waals surface area (Å²) in [5, 5.41) is 11.9. The van der Waals surface area contributed by atoms with Crippen LogP contribution in [0.15, 0.2) is 74.6 Å². The number of benzene rings is 1. The Morgan fingerprint density at radius 1 is 1.11 bits per heavy atom. The number of azo groups is 1. The molecular formula is C25H28N6O4. The quantitative estimate of drug-likeness (QED) is 0.518. The predicted molar refractivity (Wildman–Crippen MR) is 128 cm³/mol. The van der Waals surface area contributed by atoms with Crippen molar-refractivity contribution in [1.82, 2.24) is 19.9 Å². The Bertz CT molecular complexity index is 1190. The molecule has 1 aliphatic carbocycles. The number of hydrogen-bond donors (Lipinski definition) is 0. The number of allylic oxidation sites excluding steroid dienone is 3. The van der Waals surface area contributed by atoms with E-state index in [-0.39, 0.29) is 24.2 Å². The summed E-state index contributed by atoms with van der Waals surface area (Å²) < 4.78 is 10.5. The molecule has 2 amide bonds. The number of rotatable bonds is 10. The molecule has 1 unspecified atom stereocenters. The van der Waals surface area contributed by atoms with Crippen molar-refractivity contribution < 1.29 is 18.8 Å². The average molecular weight is 477 g/mol. The van der Waals surface area contributed by atoms with Gasteiger partial charge in [-0.3, -0.25) is 14.5 Å². The van der Waals surface area contributed by atoms with Gasteiger partial charge in [-0.05, 0) is 36.9 Å². The molecule has 0 bridgehead atoms. The van der Waals surface area contributed by atoms with Crippen LogP contribution in [0.25, 0.3) is 11.4 Å². The second kappa shape index (κ2) is 11.0. The van der Waals surface area contributed by atoms with Gasteiger partial charge in [0.25, 0.3) is 5.91 Å². The normalized spacial score (nSPS) is 16.7. The third-order valence-electron chi connectivity index (χ3n) is 5.93. The van der Waals surface area contributed by atoms with E-state index in [4.69, 9.17) is 9.26 Å². The first kappa shape index (κ1) is 24.2. The van der Waals surface area contributed by atoms with Crippen molar-refractivity contribution in [2.24, 2.45) is 16.1 Å². The second-order valence-electron chi connectivity index (χ2n) is 8.46. The van der Waals surface area contributed by atoms with Crippen LogP contribution in [-0.2, 0) is 16.0 Å². The molecule has 4 rings (SSSR count). The van der Waals surface area contributed by atoms with Crippen molar-refractivity contribution in [3.63, 3.8) is 0 Å². The maximum absolute atomic E-state index is 12.6. The van der Waals surface area contributed by atoms with Gasteiger partial charge in [0, 0.05) is 45.1 Å². The molecule has 1 aliphatic heterocycles. The number of carbonyl (C=O) groups is 2. The number of methoxy groups -OCH3 is 1. The Balaban J connectivity index is 1.23. The van der Waals surface area contributed by atoms with Crippen LogP contribution in [0.1, 0.15) is 12.3 Å². The fraction of sp³-hybridized carbons (Fsp3) is 0.360. The van der Waals surface area contributed by atoms with E-state index in [0.29, 0.717) is 37.8 Å². The first-order valence-corrected chi connectivity index (χ1v) is 11.4. The summed E-state index contributed by atoms with van der Waals surface area (Å²) in [6.45, 7) is 1.74. The molecule has 2 aromatic rings. The van der Waals surface area contributed by atoms with Gasteiger partial charge in [0.1, 0.15) is 5.75 Å². The molecule has 10 nitrogen and oxygen atoms in total. The highest BCUT2D eigenvalue weighted by atomic mass is 16.5. The van der Waals surface area contributed by atoms with Gasteiger partial charge in [-0.15, -0.1) is 5.11 Å². The Morgan fingerprint density at radius 2 is 1.91 bits per heavy atom. The van der Waals surface area contributed by atoms with Crippen molar-refractivity contribution in [2.45, 2.75) is 12.8 Å². The number of hydrogen-bond acceptors (Lipinski definition) is 8. The molecule has 35 heavy (non-hydrogen) atoms. The molecule has 10 heteroatoms. The van der Waals surface area contributed by atoms with Crippen molar-refractivity contribution in [3.8, 4) is 17.1 Å². The molecule has 0 radical (unpaired) electrons. The zero-order chi connectivity index (χ0) is 24.8. The van der Waals surface area contributed by atoms with Gasteiger partial charge in [0.2, 0.25) is 17.6 Å². The Labute approximate surface area is 203 Å². The van der Waals surface area contributed by atoms with Crippen LogP contribution < -0.4 is 4.74 Å². The minimum absolute atomic E-state index is 0.00649. The fourth-order valence-corrected chi connectivity index (χ4v) is 3.78. The standard InChI is InChI=1S/C25H28N6O4/c1-30(16-21-19-6-4-5-7-20(19)25(33)28-27-21)14-15-31(2)23(32)13-12-22-26-24(29-35-22)17-8-10-18(34-3)11-9-17/h4-11,20H,12-16H2,1-3H3. The Morgan fingerprint density at radius 3 is 2.69 bits per heavy atom. The number of likely N-dealkylation sites (N-methyl/N-ethyl adjacent to an activating group) is 2. The smallest absolute Gasteiger partial charge is 0.275 e. The molecule has 2 heterocycles. The minimum atomic E-state index is -0.347. The van der Waals surface area contributed by atoms with Crippen LogP contribution in [0, 0.1) is 5.92 Å². The molecule has 1 aromatic heterocycles. The molecule has 0 spiro atoms. The van der Waals surface area contributed by atoms with Crippen LogP contribution in [0.5, 0.6) is 5.75 Å². The van der Waals surface area contributed by atoms with Crippen LogP contribution in [0.4, 0.5) is 0 Å². The maximum Gasteiger partial charge on any atom is 0.275 e. The van der Waals surface area contributed by atoms with E-state index in [1.807, 2.05) is 55.6 Å². The third kappa shape index (κ3) is 5.96. The Kier molecular flexibility index (Phi) is 7.61. The first-order valence-electron chi connectivity index (χ1n) is 11.4. The van der Waals surface area contributed by atoms with E-state index in [2.05, 4.69) is 25.3 Å². The van der Waals surface area contributed by atoms with Crippen molar-refractivity contribution in [3.05, 3.63) is 65.7 Å². The lowest BCUT2D eigenvalue weighted by Gasteiger charge is -2.25. The van der Waals surface area contributed by atoms with Crippen molar-refractivity contribution in [1.29, 1.82) is 0 Å². The Hall–Kier alpha value is -3.92. The molecular weight excluding hydrogens is 448 g/mol. The minimum Gasteiger partial charge on any atom is -0.497 e. The molecule has 0 saturated carbocycles. The summed E-state index contributed by atoms with van der Waals surface area (Å²) in [6, 6.07) is 7.37. The van der Waals surface area contributed by atoms with E-state index in [0.717, 1.165) is 22.6 Å². The summed E-state index contributed by atoms with van der Waals surface area (Å²) in [4.78, 5) is 32.7. The molecule has 182 valence electrons. The van der Waals surface area contributed by atoms with E-state index in [1.165, 1.54) is 0 Å². The lowest BCUT2D eigenvalue weighted by molar-refractivity contribution is -0.130. The third-order valence-corrected chi connectivity index (χ3v) is 5.93. The lowest BCUT2D eigenvalue weighted by Crippen LogP contribution is -2.36. The first-order chi connectivity index (χ1) is 16.9. The summed E-state index contributed by atoms with van der Waals surface area (Å²) in [7, 11) is 5.34. The van der Waals surface area contributed by atoms with Gasteiger partial charge in [-0.1, -0.05) is 29.5 Å². The zero-order valence-corrected chi connectivity index (χ0v) is 20.0. The highest BCUT2D eigenvalue weighted by Gasteiger charge is 2.27. The number of carbonyl (C=O) groups excluding carboxylic acids is 2. The average Bonchev–Trinajstić information content (AvgIpc) is 3.37. The van der Waals surface area contributed by atoms with Gasteiger partial charge in [0.15, 0.2) is 0 Å². The maximum atomic E-state index is 12.6. The highest BCUT2D eigenvalue weighted by molar-refractivity contribution is 5.86. The van der Waals surface area contributed by atoms with Gasteiger partial charge < -0.3 is 14.2 Å². The zero-order valence-electron chi connectivity index (χ0n) is 20.0. The topological polar surface area (TPSA) is 113 Å². The van der Waals surface area contributed by atoms with Crippen molar-refractivity contribution in [2.75, 3.05) is 40.8 Å². The fourth-order valence-electron chi connectivity index (χ4n) is 3.78. The van der Waals surface area contributed by atoms with E-state index < -0.39 is 0 Å². The van der Waals surface area contributed by atoms with Gasteiger partial charge in [-0.2, -0.15) is 10.1 Å². The van der Waals surface area contributed by atoms with Crippen LogP contribution in [0.3, 0.4) is 0 Å². The molecule has 0 N–H and O–H groups in total. The number of fused-ring (bicyclic) bond motifs is 1. The molecule has 2 aliphatic rings. The molecule has 1 aromatic carbocycles. The largest absolute Gasteiger partial charge is 0.497 e. The van der Waals surface area contributed by atoms with Crippen LogP contribution >= 0.6 is 0 Å². The molecule has 1 atom stereocenters. The predicted octanol–water partition coefficient (Wildman–Crippen LogP) is 3.06. The monoisotopic (exact) mass is 476 g/mol. The summed E-state index contributed by atoms with van der Waals surface area (Å²) in [5.74, 6) is 1.05. The van der Waals surface area contributed by atoms with E-state index >= 15 is 0 Å². The van der Waals surface area contributed by atoms with Crippen LogP contribution in [0.2, 0.25) is 0 Å². The van der Waals surface area contributed by atoms with E-state index in [1.54, 1.807) is 19.1 Å². The van der Waals surface area contributed by atoms with Gasteiger partial charge in [-0.25, -0.2) is 0 Å². The number of nitrogens with zero attached hydrogens (tertiary/aromatic N) is 6. The second-order valence-corrected chi connectivity index (χ2v) is 8.46. The summed E-state index contributed by atoms with van der Waals surface area (Å²) in [6.07, 6.45) is 8.14. The SMILES string of the molecule is COc1ccc(-c2noc(CCC(=O)N(C)CCN(C)CC3=C4C=CC=CC4C(=O)N=N3)n2)cc1. The number of aryl methyl sites for hydroxylation is 1. The van der Waals surface area contributed by atoms with Gasteiger partial charge >= 0.3 is 0 Å². The van der Waals surface area contributed by atoms with Gasteiger partial charge in [0.05, 0.1) is 18.7 Å². The number of amides is 2. The van der Waals surface area contributed by atoms with Crippen LogP contribution in [-0.4, -0.2) is 72.6 Å².